The van der Waals surface area contributed by atoms with E-state index >= 15 is 0 Å². The summed E-state index contributed by atoms with van der Waals surface area (Å²) in [6.07, 6.45) is 1.11. The molecule has 0 saturated carbocycles. The first-order valence-electron chi connectivity index (χ1n) is 5.51. The summed E-state index contributed by atoms with van der Waals surface area (Å²) in [5, 5.41) is 1.76. The van der Waals surface area contributed by atoms with E-state index < -0.39 is 0 Å². The Hall–Kier alpha value is -1.28. The Morgan fingerprint density at radius 1 is 1.12 bits per heavy atom. The minimum Gasteiger partial charge on any atom is -0.247 e. The molecule has 0 spiro atoms. The molecule has 0 bridgehead atoms. The highest BCUT2D eigenvalue weighted by atomic mass is 32.2. The predicted octanol–water partition coefficient (Wildman–Crippen LogP) is 3.78. The summed E-state index contributed by atoms with van der Waals surface area (Å²) < 4.78 is 0. The van der Waals surface area contributed by atoms with Crippen LogP contribution >= 0.6 is 11.8 Å². The zero-order valence-electron chi connectivity index (χ0n) is 9.18. The van der Waals surface area contributed by atoms with Crippen LogP contribution in [0.5, 0.6) is 0 Å². The van der Waals surface area contributed by atoms with Crippen LogP contribution in [-0.2, 0) is 6.42 Å². The largest absolute Gasteiger partial charge is 0.247 e. The Bertz CT molecular complexity index is 507. The van der Waals surface area contributed by atoms with Gasteiger partial charge in [0.25, 0.3) is 0 Å². The van der Waals surface area contributed by atoms with E-state index in [2.05, 4.69) is 54.4 Å². The summed E-state index contributed by atoms with van der Waals surface area (Å²) >= 11 is 1.89. The van der Waals surface area contributed by atoms with Crippen molar-refractivity contribution in [1.82, 2.24) is 4.98 Å². The number of fused-ring (bicyclic) bond motifs is 1. The second-order valence-electron chi connectivity index (χ2n) is 4.14. The lowest BCUT2D eigenvalue weighted by Crippen LogP contribution is -1.91. The van der Waals surface area contributed by atoms with Crippen LogP contribution in [0.1, 0.15) is 22.1 Å². The summed E-state index contributed by atoms with van der Waals surface area (Å²) in [6, 6.07) is 15.0. The maximum absolute atomic E-state index is 4.59. The Balaban J connectivity index is 1.91. The molecule has 2 heteroatoms. The standard InChI is InChI=1S/C14H13NS/c1-10-7-8-12-9-13(16-14(12)15-10)11-5-3-2-4-6-11/h2-8,13H,9H2,1H3/t13-/m1/s1. The lowest BCUT2D eigenvalue weighted by atomic mass is 10.1. The molecular weight excluding hydrogens is 214 g/mol. The van der Waals surface area contributed by atoms with Crippen molar-refractivity contribution < 1.29 is 0 Å². The lowest BCUT2D eigenvalue weighted by molar-refractivity contribution is 0.926. The molecule has 1 aliphatic rings. The summed E-state index contributed by atoms with van der Waals surface area (Å²) in [5.74, 6) is 0. The van der Waals surface area contributed by atoms with Gasteiger partial charge in [-0.05, 0) is 30.5 Å². The van der Waals surface area contributed by atoms with Crippen LogP contribution in [0, 0.1) is 6.92 Å². The quantitative estimate of drug-likeness (QED) is 0.735. The van der Waals surface area contributed by atoms with Crippen LogP contribution in [0.25, 0.3) is 0 Å². The first kappa shape index (κ1) is 9.91. The summed E-state index contributed by atoms with van der Waals surface area (Å²) in [6.45, 7) is 2.05. The van der Waals surface area contributed by atoms with E-state index in [0.29, 0.717) is 5.25 Å². The van der Waals surface area contributed by atoms with Crippen molar-refractivity contribution in [2.45, 2.75) is 23.6 Å². The van der Waals surface area contributed by atoms with Crippen molar-refractivity contribution in [3.8, 4) is 0 Å². The van der Waals surface area contributed by atoms with E-state index in [1.54, 1.807) is 0 Å². The number of hydrogen-bond donors (Lipinski definition) is 0. The van der Waals surface area contributed by atoms with E-state index in [1.807, 2.05) is 11.8 Å². The Kier molecular flexibility index (Phi) is 2.44. The molecule has 1 nitrogen and oxygen atoms in total. The van der Waals surface area contributed by atoms with Gasteiger partial charge in [0, 0.05) is 10.9 Å². The third kappa shape index (κ3) is 1.74. The monoisotopic (exact) mass is 227 g/mol. The molecule has 0 radical (unpaired) electrons. The number of aromatic nitrogens is 1. The Labute approximate surface area is 99.9 Å². The normalized spacial score (nSPS) is 18.4. The molecule has 0 fully saturated rings. The zero-order chi connectivity index (χ0) is 11.0. The number of pyridine rings is 1. The number of thioether (sulfide) groups is 1. The van der Waals surface area contributed by atoms with Crippen LogP contribution < -0.4 is 0 Å². The summed E-state index contributed by atoms with van der Waals surface area (Å²) in [5.41, 5.74) is 3.91. The van der Waals surface area contributed by atoms with Crippen molar-refractivity contribution in [2.75, 3.05) is 0 Å². The Morgan fingerprint density at radius 3 is 2.75 bits per heavy atom. The third-order valence-corrected chi connectivity index (χ3v) is 4.21. The van der Waals surface area contributed by atoms with Crippen LogP contribution in [0.3, 0.4) is 0 Å². The van der Waals surface area contributed by atoms with Crippen LogP contribution in [0.15, 0.2) is 47.5 Å². The van der Waals surface area contributed by atoms with Gasteiger partial charge in [-0.25, -0.2) is 4.98 Å². The van der Waals surface area contributed by atoms with E-state index in [0.717, 1.165) is 12.1 Å². The topological polar surface area (TPSA) is 12.9 Å². The molecule has 2 heterocycles. The highest BCUT2D eigenvalue weighted by Crippen LogP contribution is 2.45. The average Bonchev–Trinajstić information content (AvgIpc) is 2.73. The average molecular weight is 227 g/mol. The predicted molar refractivity (Wildman–Crippen MR) is 67.7 cm³/mol. The molecule has 0 N–H and O–H groups in total. The number of aryl methyl sites for hydroxylation is 1. The molecule has 0 unspecified atom stereocenters. The first-order valence-corrected chi connectivity index (χ1v) is 6.39. The minimum atomic E-state index is 0.547. The molecule has 0 saturated heterocycles. The molecule has 0 amide bonds. The fraction of sp³-hybridized carbons (Fsp3) is 0.214. The first-order chi connectivity index (χ1) is 7.83. The molecule has 2 aromatic rings. The molecule has 80 valence electrons. The van der Waals surface area contributed by atoms with Crippen LogP contribution in [0.2, 0.25) is 0 Å². The maximum Gasteiger partial charge on any atom is 0.100 e. The molecule has 16 heavy (non-hydrogen) atoms. The fourth-order valence-electron chi connectivity index (χ4n) is 2.05. The molecule has 3 rings (SSSR count). The Morgan fingerprint density at radius 2 is 1.94 bits per heavy atom. The second-order valence-corrected chi connectivity index (χ2v) is 5.33. The van der Waals surface area contributed by atoms with Crippen molar-refractivity contribution in [1.29, 1.82) is 0 Å². The van der Waals surface area contributed by atoms with Gasteiger partial charge in [-0.3, -0.25) is 0 Å². The van der Waals surface area contributed by atoms with Gasteiger partial charge in [0.1, 0.15) is 5.03 Å². The molecule has 1 aliphatic heterocycles. The third-order valence-electron chi connectivity index (χ3n) is 2.91. The molecule has 1 atom stereocenters. The highest BCUT2D eigenvalue weighted by Gasteiger charge is 2.24. The van der Waals surface area contributed by atoms with Crippen molar-refractivity contribution >= 4 is 11.8 Å². The van der Waals surface area contributed by atoms with Gasteiger partial charge in [0.15, 0.2) is 0 Å². The van der Waals surface area contributed by atoms with E-state index in [4.69, 9.17) is 0 Å². The minimum absolute atomic E-state index is 0.547. The fourth-order valence-corrected chi connectivity index (χ4v) is 3.37. The number of hydrogen-bond acceptors (Lipinski definition) is 2. The molecule has 1 aromatic heterocycles. The van der Waals surface area contributed by atoms with Crippen molar-refractivity contribution in [3.63, 3.8) is 0 Å². The molecule has 1 aromatic carbocycles. The van der Waals surface area contributed by atoms with Gasteiger partial charge in [-0.2, -0.15) is 0 Å². The highest BCUT2D eigenvalue weighted by molar-refractivity contribution is 7.99. The van der Waals surface area contributed by atoms with Crippen molar-refractivity contribution in [2.24, 2.45) is 0 Å². The lowest BCUT2D eigenvalue weighted by Gasteiger charge is -2.07. The summed E-state index contributed by atoms with van der Waals surface area (Å²) in [4.78, 5) is 4.59. The maximum atomic E-state index is 4.59. The van der Waals surface area contributed by atoms with Crippen LogP contribution in [-0.4, -0.2) is 4.98 Å². The number of rotatable bonds is 1. The SMILES string of the molecule is Cc1ccc2c(n1)S[C@@H](c1ccccc1)C2. The zero-order valence-corrected chi connectivity index (χ0v) is 10.00. The summed E-state index contributed by atoms with van der Waals surface area (Å²) in [7, 11) is 0. The number of benzene rings is 1. The van der Waals surface area contributed by atoms with Gasteiger partial charge in [0.05, 0.1) is 0 Å². The molecule has 0 aliphatic carbocycles. The van der Waals surface area contributed by atoms with Crippen molar-refractivity contribution in [3.05, 3.63) is 59.3 Å². The van der Waals surface area contributed by atoms with E-state index in [-0.39, 0.29) is 0 Å². The molecular formula is C14H13NS. The smallest absolute Gasteiger partial charge is 0.100 e. The van der Waals surface area contributed by atoms with E-state index in [9.17, 15) is 0 Å². The van der Waals surface area contributed by atoms with Gasteiger partial charge in [0.2, 0.25) is 0 Å². The number of nitrogens with zero attached hydrogens (tertiary/aromatic N) is 1. The van der Waals surface area contributed by atoms with Gasteiger partial charge in [-0.15, -0.1) is 0 Å². The van der Waals surface area contributed by atoms with Crippen LogP contribution in [0.4, 0.5) is 0 Å². The van der Waals surface area contributed by atoms with E-state index in [1.165, 1.54) is 16.2 Å². The van der Waals surface area contributed by atoms with Gasteiger partial charge < -0.3 is 0 Å². The van der Waals surface area contributed by atoms with Gasteiger partial charge >= 0.3 is 0 Å². The second kappa shape index (κ2) is 3.95. The van der Waals surface area contributed by atoms with Gasteiger partial charge in [-0.1, -0.05) is 48.2 Å².